The highest BCUT2D eigenvalue weighted by atomic mass is 15.1. The summed E-state index contributed by atoms with van der Waals surface area (Å²) in [5.74, 6) is 2.85. The molecule has 186 valence electrons. The van der Waals surface area contributed by atoms with Crippen LogP contribution in [-0.4, -0.2) is 43.9 Å². The summed E-state index contributed by atoms with van der Waals surface area (Å²) in [6.45, 7) is 3.76. The molecule has 3 aromatic heterocycles. The third kappa shape index (κ3) is 4.15. The average Bonchev–Trinajstić information content (AvgIpc) is 3.31. The van der Waals surface area contributed by atoms with Gasteiger partial charge in [-0.25, -0.2) is 15.0 Å². The van der Waals surface area contributed by atoms with Gasteiger partial charge in [0.1, 0.15) is 22.9 Å². The quantitative estimate of drug-likeness (QED) is 0.320. The zero-order chi connectivity index (χ0) is 24.8. The summed E-state index contributed by atoms with van der Waals surface area (Å²) >= 11 is 0. The molecule has 1 saturated carbocycles. The van der Waals surface area contributed by atoms with E-state index in [2.05, 4.69) is 56.7 Å². The van der Waals surface area contributed by atoms with Crippen LogP contribution in [0.2, 0.25) is 0 Å². The molecule has 0 bridgehead atoms. The van der Waals surface area contributed by atoms with Crippen molar-refractivity contribution in [2.24, 2.45) is 5.92 Å². The van der Waals surface area contributed by atoms with Gasteiger partial charge in [0.05, 0.1) is 11.2 Å². The molecule has 6 nitrogen and oxygen atoms in total. The number of hydrogen-bond acceptors (Lipinski definition) is 5. The Bertz CT molecular complexity index is 1560. The van der Waals surface area contributed by atoms with Crippen molar-refractivity contribution in [2.45, 2.75) is 38.0 Å². The minimum Gasteiger partial charge on any atom is -0.382 e. The van der Waals surface area contributed by atoms with Gasteiger partial charge in [0.15, 0.2) is 0 Å². The van der Waals surface area contributed by atoms with Gasteiger partial charge in [-0.05, 0) is 56.8 Å². The maximum atomic E-state index is 6.44. The fraction of sp³-hybridized carbons (Fsp3) is 0.323. The van der Waals surface area contributed by atoms with E-state index in [1.165, 1.54) is 51.7 Å². The highest BCUT2D eigenvalue weighted by molar-refractivity contribution is 5.91. The molecule has 0 spiro atoms. The third-order valence-electron chi connectivity index (χ3n) is 8.21. The van der Waals surface area contributed by atoms with Crippen molar-refractivity contribution in [3.8, 4) is 22.5 Å². The molecule has 37 heavy (non-hydrogen) atoms. The van der Waals surface area contributed by atoms with E-state index in [-0.39, 0.29) is 0 Å². The molecular weight excluding hydrogens is 456 g/mol. The van der Waals surface area contributed by atoms with E-state index < -0.39 is 0 Å². The Morgan fingerprint density at radius 3 is 2.51 bits per heavy atom. The van der Waals surface area contributed by atoms with E-state index >= 15 is 0 Å². The maximum Gasteiger partial charge on any atom is 0.150 e. The number of nitrogen functional groups attached to an aromatic ring is 1. The highest BCUT2D eigenvalue weighted by Gasteiger charge is 2.35. The second-order valence-corrected chi connectivity index (χ2v) is 10.7. The van der Waals surface area contributed by atoms with Crippen molar-refractivity contribution >= 4 is 22.2 Å². The average molecular weight is 489 g/mol. The number of aromatic nitrogens is 4. The van der Waals surface area contributed by atoms with Gasteiger partial charge in [-0.1, -0.05) is 55.0 Å². The van der Waals surface area contributed by atoms with Gasteiger partial charge in [-0.2, -0.15) is 0 Å². The number of pyridine rings is 1. The van der Waals surface area contributed by atoms with Crippen LogP contribution in [0.3, 0.4) is 0 Å². The first-order chi connectivity index (χ1) is 18.2. The number of nitrogens with two attached hydrogens (primary N) is 1. The Kier molecular flexibility index (Phi) is 5.62. The van der Waals surface area contributed by atoms with E-state index in [9.17, 15) is 0 Å². The smallest absolute Gasteiger partial charge is 0.150 e. The Morgan fingerprint density at radius 1 is 0.865 bits per heavy atom. The number of rotatable bonds is 5. The molecule has 1 aliphatic heterocycles. The summed E-state index contributed by atoms with van der Waals surface area (Å²) in [4.78, 5) is 17.3. The van der Waals surface area contributed by atoms with Crippen molar-refractivity contribution < 1.29 is 0 Å². The monoisotopic (exact) mass is 488 g/mol. The second kappa shape index (κ2) is 9.27. The van der Waals surface area contributed by atoms with Crippen molar-refractivity contribution in [2.75, 3.05) is 25.4 Å². The van der Waals surface area contributed by atoms with Crippen LogP contribution >= 0.6 is 0 Å². The zero-order valence-electron chi connectivity index (χ0n) is 21.1. The second-order valence-electron chi connectivity index (χ2n) is 10.7. The number of anilines is 1. The zero-order valence-corrected chi connectivity index (χ0v) is 21.1. The molecular formula is C31H32N6. The van der Waals surface area contributed by atoms with E-state index in [0.29, 0.717) is 11.7 Å². The summed E-state index contributed by atoms with van der Waals surface area (Å²) in [5, 5.41) is 1.11. The number of hydrogen-bond donors (Lipinski definition) is 1. The van der Waals surface area contributed by atoms with Gasteiger partial charge in [0, 0.05) is 41.4 Å². The first-order valence-corrected chi connectivity index (χ1v) is 13.5. The van der Waals surface area contributed by atoms with Crippen LogP contribution < -0.4 is 5.73 Å². The van der Waals surface area contributed by atoms with Crippen molar-refractivity contribution in [1.29, 1.82) is 0 Å². The van der Waals surface area contributed by atoms with Crippen LogP contribution in [0.4, 0.5) is 5.82 Å². The lowest BCUT2D eigenvalue weighted by molar-refractivity contribution is 0.137. The van der Waals surface area contributed by atoms with Gasteiger partial charge >= 0.3 is 0 Å². The van der Waals surface area contributed by atoms with Crippen LogP contribution in [0.5, 0.6) is 0 Å². The molecule has 0 radical (unpaired) electrons. The van der Waals surface area contributed by atoms with Gasteiger partial charge in [0.2, 0.25) is 0 Å². The molecule has 0 atom stereocenters. The summed E-state index contributed by atoms with van der Waals surface area (Å²) in [6.07, 6.45) is 10.3. The lowest BCUT2D eigenvalue weighted by atomic mass is 9.74. The number of likely N-dealkylation sites (tertiary alicyclic amines) is 1. The number of imidazole rings is 1. The van der Waals surface area contributed by atoms with Crippen LogP contribution in [0.1, 0.15) is 43.8 Å². The minimum atomic E-state index is 0.459. The van der Waals surface area contributed by atoms with Crippen molar-refractivity contribution in [3.63, 3.8) is 0 Å². The molecule has 2 aromatic carbocycles. The summed E-state index contributed by atoms with van der Waals surface area (Å²) in [7, 11) is 0. The third-order valence-corrected chi connectivity index (χ3v) is 8.21. The molecule has 2 fully saturated rings. The lowest BCUT2D eigenvalue weighted by Gasteiger charge is -2.39. The van der Waals surface area contributed by atoms with Gasteiger partial charge in [-0.15, -0.1) is 0 Å². The standard InChI is InChI=1S/C31H32N6/c32-30-29-28(24-10-9-23-11-12-26(34-27(23)19-24)22-7-3-1-4-8-22)35-31(37(29)16-13-33-30)25-17-21(18-25)20-36-14-5-2-6-15-36/h1,3-4,7-13,16,19,21,25H,2,5-6,14-15,17-18,20H2,(H2,32,33). The van der Waals surface area contributed by atoms with Crippen LogP contribution in [0, 0.1) is 5.92 Å². The van der Waals surface area contributed by atoms with Crippen LogP contribution in [0.15, 0.2) is 73.1 Å². The Balaban J connectivity index is 1.22. The molecule has 2 aliphatic rings. The molecule has 1 aliphatic carbocycles. The SMILES string of the molecule is Nc1nccn2c(C3CC(CN4CCCCC4)C3)nc(-c3ccc4ccc(-c5ccccc5)nc4c3)c12. The van der Waals surface area contributed by atoms with Crippen molar-refractivity contribution in [3.05, 3.63) is 78.9 Å². The molecule has 5 aromatic rings. The fourth-order valence-electron chi connectivity index (χ4n) is 6.21. The van der Waals surface area contributed by atoms with Crippen molar-refractivity contribution in [1.82, 2.24) is 24.3 Å². The Morgan fingerprint density at radius 2 is 1.68 bits per heavy atom. The van der Waals surface area contributed by atoms with Gasteiger partial charge < -0.3 is 10.6 Å². The van der Waals surface area contributed by atoms with Crippen LogP contribution in [-0.2, 0) is 0 Å². The van der Waals surface area contributed by atoms with Crippen LogP contribution in [0.25, 0.3) is 38.9 Å². The first-order valence-electron chi connectivity index (χ1n) is 13.5. The van der Waals surface area contributed by atoms with Gasteiger partial charge in [0.25, 0.3) is 0 Å². The Labute approximate surface area is 217 Å². The van der Waals surface area contributed by atoms with E-state index in [1.807, 2.05) is 24.4 Å². The number of benzene rings is 2. The summed E-state index contributed by atoms with van der Waals surface area (Å²) in [6, 6.07) is 20.9. The fourth-order valence-corrected chi connectivity index (χ4v) is 6.21. The van der Waals surface area contributed by atoms with E-state index in [4.69, 9.17) is 15.7 Å². The molecule has 6 heteroatoms. The number of nitrogens with zero attached hydrogens (tertiary/aromatic N) is 5. The molecule has 4 heterocycles. The number of fused-ring (bicyclic) bond motifs is 2. The molecule has 0 unspecified atom stereocenters. The predicted octanol–water partition coefficient (Wildman–Crippen LogP) is 6.17. The van der Waals surface area contributed by atoms with Gasteiger partial charge in [-0.3, -0.25) is 4.40 Å². The molecule has 0 amide bonds. The van der Waals surface area contributed by atoms with E-state index in [1.54, 1.807) is 6.20 Å². The Hall–Kier alpha value is -3.77. The maximum absolute atomic E-state index is 6.44. The summed E-state index contributed by atoms with van der Waals surface area (Å²) < 4.78 is 2.18. The normalized spacial score (nSPS) is 20.3. The largest absolute Gasteiger partial charge is 0.382 e. The molecule has 1 saturated heterocycles. The number of piperidine rings is 1. The molecule has 7 rings (SSSR count). The van der Waals surface area contributed by atoms with E-state index in [0.717, 1.165) is 50.7 Å². The topological polar surface area (TPSA) is 72.3 Å². The molecule has 2 N–H and O–H groups in total. The predicted molar refractivity (Wildman–Crippen MR) is 149 cm³/mol. The summed E-state index contributed by atoms with van der Waals surface area (Å²) in [5.41, 5.74) is 12.3. The first kappa shape index (κ1) is 22.4. The highest BCUT2D eigenvalue weighted by Crippen LogP contribution is 2.43. The lowest BCUT2D eigenvalue weighted by Crippen LogP contribution is -2.38. The minimum absolute atomic E-state index is 0.459.